The molecule has 0 spiro atoms. The normalized spacial score (nSPS) is 26.4. The van der Waals surface area contributed by atoms with Crippen LogP contribution in [0, 0.1) is 6.57 Å². The van der Waals surface area contributed by atoms with Gasteiger partial charge in [0, 0.05) is 11.8 Å². The molecule has 1 aliphatic carbocycles. The number of nitrogens with zero attached hydrogens (tertiary/aromatic N) is 2. The van der Waals surface area contributed by atoms with E-state index in [-0.39, 0.29) is 12.1 Å². The number of allylic oxidation sites excluding steroid dienone is 2. The Labute approximate surface area is 73.1 Å². The fourth-order valence-electron chi connectivity index (χ4n) is 1.14. The second-order valence-electron chi connectivity index (χ2n) is 2.98. The smallest absolute Gasteiger partial charge is 0.278 e. The summed E-state index contributed by atoms with van der Waals surface area (Å²) >= 11 is 0. The predicted molar refractivity (Wildman–Crippen MR) is 52.9 cm³/mol. The molecule has 0 aromatic rings. The molecule has 0 aromatic carbocycles. The van der Waals surface area contributed by atoms with Gasteiger partial charge in [-0.2, -0.15) is 0 Å². The van der Waals surface area contributed by atoms with E-state index in [1.54, 1.807) is 0 Å². The molecule has 2 heteroatoms. The average molecular weight is 161 g/mol. The van der Waals surface area contributed by atoms with Crippen molar-refractivity contribution in [2.24, 2.45) is 4.99 Å². The van der Waals surface area contributed by atoms with Gasteiger partial charge >= 0.3 is 6.04 Å². The highest BCUT2D eigenvalue weighted by Gasteiger charge is 2.24. The fraction of sp³-hybridized carbons (Fsp3) is 0.400. The Bertz CT molecular complexity index is 275. The quantitative estimate of drug-likeness (QED) is 0.525. The van der Waals surface area contributed by atoms with Crippen LogP contribution in [0.4, 0.5) is 0 Å². The van der Waals surface area contributed by atoms with Crippen molar-refractivity contribution >= 4 is 5.71 Å². The SMILES string of the molecule is C#[N+]C1C=CC=CC1N=C(C)C. The van der Waals surface area contributed by atoms with Crippen LogP contribution in [0.3, 0.4) is 0 Å². The van der Waals surface area contributed by atoms with Gasteiger partial charge in [-0.1, -0.05) is 23.1 Å². The lowest BCUT2D eigenvalue weighted by Gasteiger charge is -2.07. The lowest BCUT2D eigenvalue weighted by molar-refractivity contribution is 0.777. The van der Waals surface area contributed by atoms with Crippen LogP contribution < -0.4 is 0 Å². The summed E-state index contributed by atoms with van der Waals surface area (Å²) in [5.41, 5.74) is 1.05. The second-order valence-corrected chi connectivity index (χ2v) is 2.98. The number of hydrogen-bond acceptors (Lipinski definition) is 1. The van der Waals surface area contributed by atoms with Crippen LogP contribution in [0.1, 0.15) is 13.8 Å². The van der Waals surface area contributed by atoms with Crippen molar-refractivity contribution in [1.82, 2.24) is 0 Å². The van der Waals surface area contributed by atoms with Crippen molar-refractivity contribution in [3.8, 4) is 6.57 Å². The van der Waals surface area contributed by atoms with Crippen LogP contribution in [-0.2, 0) is 0 Å². The lowest BCUT2D eigenvalue weighted by Crippen LogP contribution is -2.19. The van der Waals surface area contributed by atoms with Gasteiger partial charge in [0.15, 0.2) is 6.04 Å². The molecule has 0 amide bonds. The lowest BCUT2D eigenvalue weighted by atomic mass is 10.0. The third-order valence-corrected chi connectivity index (χ3v) is 1.66. The van der Waals surface area contributed by atoms with Crippen LogP contribution in [0.25, 0.3) is 4.85 Å². The molecular weight excluding hydrogens is 148 g/mol. The standard InChI is InChI=1S/C10H13N2/c1-8(2)12-10-7-5-4-6-9(10)11-3/h3-7,9-10H,1-2H3/q+1. The topological polar surface area (TPSA) is 16.7 Å². The molecule has 12 heavy (non-hydrogen) atoms. The molecule has 0 saturated carbocycles. The Morgan fingerprint density at radius 2 is 2.00 bits per heavy atom. The first-order valence-corrected chi connectivity index (χ1v) is 4.00. The van der Waals surface area contributed by atoms with Gasteiger partial charge in [-0.3, -0.25) is 4.99 Å². The van der Waals surface area contributed by atoms with E-state index in [4.69, 9.17) is 6.57 Å². The summed E-state index contributed by atoms with van der Waals surface area (Å²) in [4.78, 5) is 8.13. The van der Waals surface area contributed by atoms with E-state index in [1.165, 1.54) is 0 Å². The number of hydrogen-bond donors (Lipinski definition) is 0. The minimum atomic E-state index is 0.00454. The molecule has 0 N–H and O–H groups in total. The summed E-state index contributed by atoms with van der Waals surface area (Å²) in [6.45, 7) is 9.18. The van der Waals surface area contributed by atoms with Gasteiger partial charge in [-0.15, -0.1) is 0 Å². The summed E-state index contributed by atoms with van der Waals surface area (Å²) in [5, 5.41) is 0. The van der Waals surface area contributed by atoms with Crippen molar-refractivity contribution in [1.29, 1.82) is 0 Å². The fourth-order valence-corrected chi connectivity index (χ4v) is 1.14. The average Bonchev–Trinajstić information content (AvgIpc) is 2.04. The molecule has 2 nitrogen and oxygen atoms in total. The largest absolute Gasteiger partial charge is 0.315 e. The van der Waals surface area contributed by atoms with Gasteiger partial charge < -0.3 is 0 Å². The van der Waals surface area contributed by atoms with Crippen molar-refractivity contribution in [3.05, 3.63) is 29.1 Å². The van der Waals surface area contributed by atoms with Crippen LogP contribution in [-0.4, -0.2) is 17.8 Å². The first-order valence-electron chi connectivity index (χ1n) is 4.00. The van der Waals surface area contributed by atoms with Crippen LogP contribution in [0.15, 0.2) is 29.3 Å². The number of rotatable bonds is 1. The Hall–Kier alpha value is -1.36. The molecule has 0 bridgehead atoms. The summed E-state index contributed by atoms with van der Waals surface area (Å²) in [5.74, 6) is 0. The van der Waals surface area contributed by atoms with E-state index in [0.29, 0.717) is 0 Å². The second kappa shape index (κ2) is 3.87. The van der Waals surface area contributed by atoms with E-state index >= 15 is 0 Å². The maximum Gasteiger partial charge on any atom is 0.315 e. The predicted octanol–water partition coefficient (Wildman–Crippen LogP) is 2.29. The van der Waals surface area contributed by atoms with E-state index in [2.05, 4.69) is 9.84 Å². The van der Waals surface area contributed by atoms with Gasteiger partial charge in [0.1, 0.15) is 0 Å². The Morgan fingerprint density at radius 3 is 2.58 bits per heavy atom. The van der Waals surface area contributed by atoms with Crippen LogP contribution >= 0.6 is 0 Å². The summed E-state index contributed by atoms with van der Waals surface area (Å²) in [6.07, 6.45) is 7.88. The van der Waals surface area contributed by atoms with Crippen LogP contribution in [0.2, 0.25) is 0 Å². The van der Waals surface area contributed by atoms with Gasteiger partial charge in [0.05, 0.1) is 0 Å². The highest BCUT2D eigenvalue weighted by molar-refractivity contribution is 5.79. The molecular formula is C10H13N2+. The molecule has 0 saturated heterocycles. The minimum Gasteiger partial charge on any atom is -0.278 e. The van der Waals surface area contributed by atoms with Gasteiger partial charge in [-0.25, -0.2) is 0 Å². The first kappa shape index (κ1) is 8.73. The van der Waals surface area contributed by atoms with Crippen LogP contribution in [0.5, 0.6) is 0 Å². The maximum atomic E-state index is 5.24. The molecule has 62 valence electrons. The molecule has 0 fully saturated rings. The van der Waals surface area contributed by atoms with E-state index < -0.39 is 0 Å². The molecule has 0 aromatic heterocycles. The molecule has 0 radical (unpaired) electrons. The van der Waals surface area contributed by atoms with E-state index in [9.17, 15) is 0 Å². The van der Waals surface area contributed by atoms with Gasteiger partial charge in [0.25, 0.3) is 6.57 Å². The number of aliphatic imine (C=N–C) groups is 1. The molecule has 2 atom stereocenters. The Balaban J connectivity index is 2.78. The zero-order chi connectivity index (χ0) is 8.97. The monoisotopic (exact) mass is 161 g/mol. The molecule has 1 rings (SSSR count). The third-order valence-electron chi connectivity index (χ3n) is 1.66. The highest BCUT2D eigenvalue weighted by Crippen LogP contribution is 2.12. The van der Waals surface area contributed by atoms with Crippen molar-refractivity contribution < 1.29 is 0 Å². The highest BCUT2D eigenvalue weighted by atomic mass is 14.9. The Morgan fingerprint density at radius 1 is 1.33 bits per heavy atom. The zero-order valence-corrected chi connectivity index (χ0v) is 7.44. The zero-order valence-electron chi connectivity index (χ0n) is 7.44. The van der Waals surface area contributed by atoms with Crippen molar-refractivity contribution in [2.75, 3.05) is 0 Å². The van der Waals surface area contributed by atoms with E-state index in [1.807, 2.05) is 38.2 Å². The van der Waals surface area contributed by atoms with Gasteiger partial charge in [0.2, 0.25) is 0 Å². The van der Waals surface area contributed by atoms with Gasteiger partial charge in [-0.05, 0) is 13.8 Å². The summed E-state index contributed by atoms with van der Waals surface area (Å²) in [7, 11) is 0. The summed E-state index contributed by atoms with van der Waals surface area (Å²) in [6, 6.07) is 0.0925. The van der Waals surface area contributed by atoms with Crippen molar-refractivity contribution in [2.45, 2.75) is 25.9 Å². The minimum absolute atomic E-state index is 0.00454. The Kier molecular flexibility index (Phi) is 2.82. The molecule has 0 heterocycles. The molecule has 1 aliphatic rings. The first-order chi connectivity index (χ1) is 5.74. The summed E-state index contributed by atoms with van der Waals surface area (Å²) < 4.78 is 0. The van der Waals surface area contributed by atoms with Crippen molar-refractivity contribution in [3.63, 3.8) is 0 Å². The maximum absolute atomic E-state index is 5.24. The molecule has 2 unspecified atom stereocenters. The third kappa shape index (κ3) is 2.06. The van der Waals surface area contributed by atoms with E-state index in [0.717, 1.165) is 5.71 Å². The molecule has 0 aliphatic heterocycles.